The van der Waals surface area contributed by atoms with Crippen molar-refractivity contribution in [2.24, 2.45) is 35.0 Å². The van der Waals surface area contributed by atoms with Crippen molar-refractivity contribution in [2.45, 2.75) is 136 Å². The lowest BCUT2D eigenvalue weighted by Crippen LogP contribution is -2.39. The third kappa shape index (κ3) is 6.02. The summed E-state index contributed by atoms with van der Waals surface area (Å²) in [5.41, 5.74) is 0.0300. The average Bonchev–Trinajstić information content (AvgIpc) is 2.78. The Hall–Kier alpha value is -0.510. The van der Waals surface area contributed by atoms with Gasteiger partial charge in [-0.1, -0.05) is 78.1 Å². The fourth-order valence-electron chi connectivity index (χ4n) is 7.61. The van der Waals surface area contributed by atoms with Crippen molar-refractivity contribution in [3.05, 3.63) is 0 Å². The Bertz CT molecular complexity index is 489. The van der Waals surface area contributed by atoms with E-state index >= 15 is 0 Å². The zero-order chi connectivity index (χ0) is 20.5. The maximum Gasteiger partial charge on any atom is 0.0692 e. The summed E-state index contributed by atoms with van der Waals surface area (Å²) >= 11 is 0. The molecule has 0 heterocycles. The zero-order valence-electron chi connectivity index (χ0n) is 19.8. The summed E-state index contributed by atoms with van der Waals surface area (Å²) in [6, 6.07) is 2.92. The Balaban J connectivity index is 1.49. The van der Waals surface area contributed by atoms with Gasteiger partial charge < -0.3 is 0 Å². The molecule has 3 rings (SSSR count). The number of nitrogens with zero attached hydrogens (tertiary/aromatic N) is 1. The predicted octanol–water partition coefficient (Wildman–Crippen LogP) is 9.07. The first-order valence-electron chi connectivity index (χ1n) is 13.6. The van der Waals surface area contributed by atoms with Gasteiger partial charge in [0.2, 0.25) is 0 Å². The molecule has 0 radical (unpaired) electrons. The molecule has 0 N–H and O–H groups in total. The maximum absolute atomic E-state index is 10.2. The fourth-order valence-corrected chi connectivity index (χ4v) is 7.61. The number of hydrogen-bond donors (Lipinski definition) is 0. The molecule has 166 valence electrons. The highest BCUT2D eigenvalue weighted by atomic mass is 14.5. The molecule has 0 bridgehead atoms. The fraction of sp³-hybridized carbons (Fsp3) is 0.964. The minimum Gasteiger partial charge on any atom is -0.198 e. The van der Waals surface area contributed by atoms with Crippen molar-refractivity contribution in [3.8, 4) is 6.07 Å². The second-order valence-corrected chi connectivity index (χ2v) is 11.2. The number of rotatable bonds is 9. The molecule has 0 aromatic carbocycles. The highest BCUT2D eigenvalue weighted by Gasteiger charge is 2.45. The molecule has 1 nitrogen and oxygen atoms in total. The van der Waals surface area contributed by atoms with Crippen LogP contribution in [0.15, 0.2) is 0 Å². The first-order chi connectivity index (χ1) is 14.2. The molecule has 0 amide bonds. The van der Waals surface area contributed by atoms with Gasteiger partial charge in [-0.3, -0.25) is 0 Å². The van der Waals surface area contributed by atoms with E-state index in [1.807, 2.05) is 0 Å². The molecule has 3 fully saturated rings. The largest absolute Gasteiger partial charge is 0.198 e. The Morgan fingerprint density at radius 1 is 0.724 bits per heavy atom. The van der Waals surface area contributed by atoms with Gasteiger partial charge in [0.05, 0.1) is 11.5 Å². The van der Waals surface area contributed by atoms with Crippen molar-refractivity contribution < 1.29 is 0 Å². The van der Waals surface area contributed by atoms with E-state index in [0.717, 1.165) is 23.7 Å². The van der Waals surface area contributed by atoms with Crippen molar-refractivity contribution in [3.63, 3.8) is 0 Å². The highest BCUT2D eigenvalue weighted by Crippen LogP contribution is 2.53. The van der Waals surface area contributed by atoms with E-state index in [2.05, 4.69) is 19.9 Å². The van der Waals surface area contributed by atoms with Gasteiger partial charge in [0, 0.05) is 0 Å². The van der Waals surface area contributed by atoms with Crippen LogP contribution in [0.25, 0.3) is 0 Å². The van der Waals surface area contributed by atoms with Crippen LogP contribution >= 0.6 is 0 Å². The Morgan fingerprint density at radius 3 is 1.97 bits per heavy atom. The summed E-state index contributed by atoms with van der Waals surface area (Å²) in [6.45, 7) is 4.62. The van der Waals surface area contributed by atoms with E-state index in [9.17, 15) is 5.26 Å². The zero-order valence-corrected chi connectivity index (χ0v) is 19.8. The van der Waals surface area contributed by atoms with Gasteiger partial charge in [0.1, 0.15) is 0 Å². The molecule has 0 spiro atoms. The lowest BCUT2D eigenvalue weighted by atomic mass is 9.57. The number of nitriles is 1. The maximum atomic E-state index is 10.2. The van der Waals surface area contributed by atoms with Gasteiger partial charge in [0.25, 0.3) is 0 Å². The topological polar surface area (TPSA) is 23.8 Å². The molecule has 0 aliphatic heterocycles. The second kappa shape index (κ2) is 11.8. The van der Waals surface area contributed by atoms with Gasteiger partial charge in [-0.15, -0.1) is 0 Å². The minimum atomic E-state index is 0.0300. The SMILES string of the molecule is CCCCC[C@@]1(C#N)CCCC[C@H]1C1CCC(C2CCC(CCCC)CC2)CC1. The van der Waals surface area contributed by atoms with E-state index in [4.69, 9.17) is 0 Å². The Kier molecular flexibility index (Phi) is 9.40. The smallest absolute Gasteiger partial charge is 0.0692 e. The normalized spacial score (nSPS) is 38.4. The molecule has 3 aliphatic rings. The van der Waals surface area contributed by atoms with Gasteiger partial charge in [-0.2, -0.15) is 5.26 Å². The van der Waals surface area contributed by atoms with Crippen LogP contribution in [0.3, 0.4) is 0 Å². The monoisotopic (exact) mass is 399 g/mol. The van der Waals surface area contributed by atoms with E-state index < -0.39 is 0 Å². The second-order valence-electron chi connectivity index (χ2n) is 11.2. The molecule has 0 aromatic rings. The van der Waals surface area contributed by atoms with Crippen molar-refractivity contribution in [1.29, 1.82) is 5.26 Å². The average molecular weight is 400 g/mol. The van der Waals surface area contributed by atoms with E-state index in [1.165, 1.54) is 122 Å². The lowest BCUT2D eigenvalue weighted by Gasteiger charge is -2.46. The van der Waals surface area contributed by atoms with E-state index in [-0.39, 0.29) is 5.41 Å². The molecule has 0 unspecified atom stereocenters. The summed E-state index contributed by atoms with van der Waals surface area (Å²) in [7, 11) is 0. The van der Waals surface area contributed by atoms with Crippen LogP contribution in [0.5, 0.6) is 0 Å². The van der Waals surface area contributed by atoms with Gasteiger partial charge in [-0.25, -0.2) is 0 Å². The molecule has 29 heavy (non-hydrogen) atoms. The number of unbranched alkanes of at least 4 members (excludes halogenated alkanes) is 3. The van der Waals surface area contributed by atoms with Crippen molar-refractivity contribution in [1.82, 2.24) is 0 Å². The molecule has 3 saturated carbocycles. The van der Waals surface area contributed by atoms with E-state index in [0.29, 0.717) is 5.92 Å². The van der Waals surface area contributed by atoms with Crippen LogP contribution in [0.2, 0.25) is 0 Å². The summed E-state index contributed by atoms with van der Waals surface area (Å²) in [6.07, 6.45) is 26.5. The Morgan fingerprint density at radius 2 is 1.34 bits per heavy atom. The van der Waals surface area contributed by atoms with Crippen LogP contribution in [0.1, 0.15) is 136 Å². The van der Waals surface area contributed by atoms with Crippen LogP contribution in [0.4, 0.5) is 0 Å². The van der Waals surface area contributed by atoms with Crippen LogP contribution < -0.4 is 0 Å². The van der Waals surface area contributed by atoms with Crippen molar-refractivity contribution >= 4 is 0 Å². The molecule has 1 heteroatoms. The standard InChI is InChI=1S/C28H49N/c1-3-5-8-20-28(22-29)21-9-7-11-27(28)26-18-16-25(17-19-26)24-14-12-23(13-15-24)10-6-4-2/h23-27H,3-21H2,1-2H3/t23?,24?,25?,26?,27-,28-/m0/s1. The summed E-state index contributed by atoms with van der Waals surface area (Å²) in [5.74, 6) is 4.66. The van der Waals surface area contributed by atoms with Crippen LogP contribution in [-0.2, 0) is 0 Å². The quantitative estimate of drug-likeness (QED) is 0.355. The lowest BCUT2D eigenvalue weighted by molar-refractivity contribution is 0.0448. The summed E-state index contributed by atoms with van der Waals surface area (Å²) < 4.78 is 0. The summed E-state index contributed by atoms with van der Waals surface area (Å²) in [4.78, 5) is 0. The first kappa shape index (κ1) is 23.2. The van der Waals surface area contributed by atoms with Gasteiger partial charge >= 0.3 is 0 Å². The molecule has 3 aliphatic carbocycles. The predicted molar refractivity (Wildman–Crippen MR) is 125 cm³/mol. The van der Waals surface area contributed by atoms with E-state index in [1.54, 1.807) is 0 Å². The Labute approximate surface area is 182 Å². The van der Waals surface area contributed by atoms with Crippen molar-refractivity contribution in [2.75, 3.05) is 0 Å². The minimum absolute atomic E-state index is 0.0300. The molecule has 0 aromatic heterocycles. The summed E-state index contributed by atoms with van der Waals surface area (Å²) in [5, 5.41) is 10.2. The number of hydrogen-bond acceptors (Lipinski definition) is 1. The first-order valence-corrected chi connectivity index (χ1v) is 13.6. The van der Waals surface area contributed by atoms with Crippen LogP contribution in [-0.4, -0.2) is 0 Å². The third-order valence-corrected chi connectivity index (χ3v) is 9.46. The van der Waals surface area contributed by atoms with Gasteiger partial charge in [-0.05, 0) is 87.4 Å². The molecular formula is C28H49N. The molecular weight excluding hydrogens is 350 g/mol. The van der Waals surface area contributed by atoms with Crippen LogP contribution in [0, 0.1) is 46.3 Å². The molecule has 2 atom stereocenters. The van der Waals surface area contributed by atoms with Gasteiger partial charge in [0.15, 0.2) is 0 Å². The highest BCUT2D eigenvalue weighted by molar-refractivity contribution is 5.07. The molecule has 0 saturated heterocycles. The third-order valence-electron chi connectivity index (χ3n) is 9.46.